The van der Waals surface area contributed by atoms with Crippen molar-refractivity contribution < 1.29 is 23.2 Å². The fraction of sp³-hybridized carbons (Fsp3) is 0.0455. The second-order valence-electron chi connectivity index (χ2n) is 6.51. The summed E-state index contributed by atoms with van der Waals surface area (Å²) < 4.78 is 18.9. The standard InChI is InChI=1S/C22H14ClFN2O4S/c23-14-3-1-13(2-4-14)12-31-19-10-9-17(30-19)11-18-20(27)25-22(29)26(21(18)28)16-7-5-15(24)6-8-16/h1-11H,12H2,(H,25,27,29)/b18-11-. The fourth-order valence-electron chi connectivity index (χ4n) is 2.85. The Bertz CT molecular complexity index is 1190. The predicted molar refractivity (Wildman–Crippen MR) is 115 cm³/mol. The van der Waals surface area contributed by atoms with Crippen LogP contribution < -0.4 is 10.2 Å². The number of rotatable bonds is 5. The van der Waals surface area contributed by atoms with Crippen molar-refractivity contribution in [2.45, 2.75) is 10.8 Å². The van der Waals surface area contributed by atoms with Crippen molar-refractivity contribution in [3.63, 3.8) is 0 Å². The SMILES string of the molecule is O=C1NC(=O)N(c2ccc(F)cc2)C(=O)/C1=C\c1ccc(SCc2ccc(Cl)cc2)o1. The van der Waals surface area contributed by atoms with Gasteiger partial charge in [-0.05, 0) is 60.2 Å². The van der Waals surface area contributed by atoms with Crippen molar-refractivity contribution in [3.8, 4) is 0 Å². The minimum Gasteiger partial charge on any atom is -0.450 e. The molecular weight excluding hydrogens is 443 g/mol. The molecule has 4 amide bonds. The van der Waals surface area contributed by atoms with Crippen LogP contribution in [0.2, 0.25) is 5.02 Å². The molecule has 0 spiro atoms. The van der Waals surface area contributed by atoms with E-state index >= 15 is 0 Å². The number of benzene rings is 2. The number of carbonyl (C=O) groups excluding carboxylic acids is 3. The molecule has 0 atom stereocenters. The average molecular weight is 457 g/mol. The van der Waals surface area contributed by atoms with Crippen LogP contribution in [0.4, 0.5) is 14.9 Å². The lowest BCUT2D eigenvalue weighted by atomic mass is 10.1. The van der Waals surface area contributed by atoms with Gasteiger partial charge in [-0.2, -0.15) is 0 Å². The van der Waals surface area contributed by atoms with E-state index in [1.807, 2.05) is 12.1 Å². The van der Waals surface area contributed by atoms with Crippen molar-refractivity contribution in [2.75, 3.05) is 4.90 Å². The lowest BCUT2D eigenvalue weighted by molar-refractivity contribution is -0.122. The Morgan fingerprint density at radius 3 is 2.42 bits per heavy atom. The molecular formula is C22H14ClFN2O4S. The molecule has 3 aromatic rings. The summed E-state index contributed by atoms with van der Waals surface area (Å²) in [6.07, 6.45) is 1.27. The van der Waals surface area contributed by atoms with Crippen LogP contribution >= 0.6 is 23.4 Å². The smallest absolute Gasteiger partial charge is 0.335 e. The Morgan fingerprint density at radius 1 is 1.00 bits per heavy atom. The van der Waals surface area contributed by atoms with Gasteiger partial charge >= 0.3 is 6.03 Å². The van der Waals surface area contributed by atoms with Gasteiger partial charge in [-0.3, -0.25) is 14.9 Å². The molecule has 0 radical (unpaired) electrons. The second-order valence-corrected chi connectivity index (χ2v) is 7.92. The largest absolute Gasteiger partial charge is 0.450 e. The molecule has 6 nitrogen and oxygen atoms in total. The van der Waals surface area contributed by atoms with Crippen LogP contribution in [0.1, 0.15) is 11.3 Å². The lowest BCUT2D eigenvalue weighted by Crippen LogP contribution is -2.54. The lowest BCUT2D eigenvalue weighted by Gasteiger charge is -2.26. The third kappa shape index (κ3) is 4.70. The zero-order valence-electron chi connectivity index (χ0n) is 15.8. The number of nitrogens with one attached hydrogen (secondary N) is 1. The summed E-state index contributed by atoms with van der Waals surface area (Å²) in [6.45, 7) is 0. The number of hydrogen-bond donors (Lipinski definition) is 1. The van der Waals surface area contributed by atoms with Gasteiger partial charge in [-0.1, -0.05) is 35.5 Å². The maximum atomic E-state index is 13.2. The number of imide groups is 2. The van der Waals surface area contributed by atoms with Crippen molar-refractivity contribution >= 4 is 53.0 Å². The van der Waals surface area contributed by atoms with Crippen LogP contribution in [-0.4, -0.2) is 17.8 Å². The molecule has 1 N–H and O–H groups in total. The van der Waals surface area contributed by atoms with Crippen molar-refractivity contribution in [2.24, 2.45) is 0 Å². The molecule has 1 aromatic heterocycles. The van der Waals surface area contributed by atoms with Gasteiger partial charge in [0.25, 0.3) is 11.8 Å². The predicted octanol–water partition coefficient (Wildman–Crippen LogP) is 5.03. The summed E-state index contributed by atoms with van der Waals surface area (Å²) in [6, 6.07) is 14.7. The van der Waals surface area contributed by atoms with Crippen LogP contribution in [0.15, 0.2) is 75.7 Å². The Hall–Kier alpha value is -3.36. The first-order chi connectivity index (χ1) is 14.9. The van der Waals surface area contributed by atoms with E-state index < -0.39 is 23.7 Å². The van der Waals surface area contributed by atoms with E-state index in [0.29, 0.717) is 15.9 Å². The van der Waals surface area contributed by atoms with Gasteiger partial charge in [0.2, 0.25) is 0 Å². The fourth-order valence-corrected chi connectivity index (χ4v) is 3.80. The molecule has 2 aromatic carbocycles. The maximum absolute atomic E-state index is 13.2. The molecule has 1 saturated heterocycles. The number of amides is 4. The van der Waals surface area contributed by atoms with E-state index in [9.17, 15) is 18.8 Å². The van der Waals surface area contributed by atoms with Gasteiger partial charge in [0.05, 0.1) is 5.69 Å². The molecule has 156 valence electrons. The second kappa shape index (κ2) is 8.79. The summed E-state index contributed by atoms with van der Waals surface area (Å²) in [7, 11) is 0. The molecule has 4 rings (SSSR count). The van der Waals surface area contributed by atoms with E-state index in [4.69, 9.17) is 16.0 Å². The summed E-state index contributed by atoms with van der Waals surface area (Å²) in [5.74, 6) is -1.25. The number of halogens is 2. The number of urea groups is 1. The maximum Gasteiger partial charge on any atom is 0.335 e. The molecule has 0 saturated carbocycles. The third-order valence-electron chi connectivity index (χ3n) is 4.37. The van der Waals surface area contributed by atoms with Gasteiger partial charge in [-0.25, -0.2) is 14.1 Å². The van der Waals surface area contributed by atoms with Gasteiger partial charge in [0.1, 0.15) is 17.2 Å². The number of carbonyl (C=O) groups is 3. The van der Waals surface area contributed by atoms with Crippen molar-refractivity contribution in [3.05, 3.63) is 88.4 Å². The third-order valence-corrected chi connectivity index (χ3v) is 5.60. The number of furan rings is 1. The minimum atomic E-state index is -0.905. The first-order valence-corrected chi connectivity index (χ1v) is 10.4. The molecule has 0 bridgehead atoms. The van der Waals surface area contributed by atoms with Gasteiger partial charge in [-0.15, -0.1) is 0 Å². The Labute approximate surface area is 185 Å². The molecule has 0 unspecified atom stereocenters. The van der Waals surface area contributed by atoms with E-state index in [0.717, 1.165) is 22.6 Å². The summed E-state index contributed by atoms with van der Waals surface area (Å²) in [5, 5.41) is 3.36. The van der Waals surface area contributed by atoms with Gasteiger partial charge in [0, 0.05) is 10.8 Å². The number of thioether (sulfide) groups is 1. The molecule has 1 fully saturated rings. The average Bonchev–Trinajstić information content (AvgIpc) is 3.19. The Kier molecular flexibility index (Phi) is 5.92. The van der Waals surface area contributed by atoms with Crippen LogP contribution in [0.3, 0.4) is 0 Å². The molecule has 9 heteroatoms. The first kappa shape index (κ1) is 20.9. The molecule has 31 heavy (non-hydrogen) atoms. The number of hydrogen-bond acceptors (Lipinski definition) is 5. The van der Waals surface area contributed by atoms with Gasteiger partial charge in [0.15, 0.2) is 5.09 Å². The summed E-state index contributed by atoms with van der Waals surface area (Å²) >= 11 is 7.32. The zero-order chi connectivity index (χ0) is 22.0. The van der Waals surface area contributed by atoms with Crippen LogP contribution in [0, 0.1) is 5.82 Å². The van der Waals surface area contributed by atoms with Crippen LogP contribution in [-0.2, 0) is 15.3 Å². The minimum absolute atomic E-state index is 0.140. The molecule has 2 heterocycles. The quantitative estimate of drug-likeness (QED) is 0.331. The normalized spacial score (nSPS) is 15.5. The Morgan fingerprint density at radius 2 is 1.71 bits per heavy atom. The van der Waals surface area contributed by atoms with E-state index in [-0.39, 0.29) is 17.0 Å². The first-order valence-electron chi connectivity index (χ1n) is 9.05. The molecule has 1 aliphatic rings. The van der Waals surface area contributed by atoms with Crippen molar-refractivity contribution in [1.82, 2.24) is 5.32 Å². The highest BCUT2D eigenvalue weighted by Gasteiger charge is 2.37. The highest BCUT2D eigenvalue weighted by molar-refractivity contribution is 7.98. The van der Waals surface area contributed by atoms with Gasteiger partial charge < -0.3 is 4.42 Å². The highest BCUT2D eigenvalue weighted by atomic mass is 35.5. The van der Waals surface area contributed by atoms with E-state index in [2.05, 4.69) is 5.32 Å². The Balaban J connectivity index is 1.52. The zero-order valence-corrected chi connectivity index (χ0v) is 17.4. The van der Waals surface area contributed by atoms with Crippen LogP contribution in [0.25, 0.3) is 6.08 Å². The number of barbiturate groups is 1. The summed E-state index contributed by atoms with van der Waals surface area (Å²) in [5.41, 5.74) is 0.925. The van der Waals surface area contributed by atoms with E-state index in [1.54, 1.807) is 24.3 Å². The summed E-state index contributed by atoms with van der Waals surface area (Å²) in [4.78, 5) is 38.0. The number of anilines is 1. The monoisotopic (exact) mass is 456 g/mol. The van der Waals surface area contributed by atoms with E-state index in [1.165, 1.54) is 30.0 Å². The highest BCUT2D eigenvalue weighted by Crippen LogP contribution is 2.28. The molecule has 0 aliphatic carbocycles. The van der Waals surface area contributed by atoms with Crippen LogP contribution in [0.5, 0.6) is 0 Å². The number of nitrogens with zero attached hydrogens (tertiary/aromatic N) is 1. The van der Waals surface area contributed by atoms with Crippen molar-refractivity contribution in [1.29, 1.82) is 0 Å². The topological polar surface area (TPSA) is 79.6 Å². The molecule has 1 aliphatic heterocycles.